The average Bonchev–Trinajstić information content (AvgIpc) is 2.60. The second-order valence-electron chi connectivity index (χ2n) is 5.26. The van der Waals surface area contributed by atoms with Crippen LogP contribution in [0.1, 0.15) is 13.0 Å². The lowest BCUT2D eigenvalue weighted by atomic mass is 10.1. The van der Waals surface area contributed by atoms with E-state index in [2.05, 4.69) is 9.84 Å². The van der Waals surface area contributed by atoms with Gasteiger partial charge in [-0.2, -0.15) is 5.10 Å². The molecule has 0 saturated carbocycles. The Bertz CT molecular complexity index is 931. The first-order valence-electron chi connectivity index (χ1n) is 7.27. The van der Waals surface area contributed by atoms with Gasteiger partial charge in [0.15, 0.2) is 6.04 Å². The van der Waals surface area contributed by atoms with E-state index in [1.54, 1.807) is 13.0 Å². The zero-order chi connectivity index (χ0) is 16.4. The third-order valence-corrected chi connectivity index (χ3v) is 3.78. The van der Waals surface area contributed by atoms with Crippen molar-refractivity contribution in [2.45, 2.75) is 13.0 Å². The molecule has 0 aliphatic heterocycles. The summed E-state index contributed by atoms with van der Waals surface area (Å²) in [5.74, 6) is -0.504. The molecule has 0 N–H and O–H groups in total. The Morgan fingerprint density at radius 1 is 1.09 bits per heavy atom. The van der Waals surface area contributed by atoms with Gasteiger partial charge >= 0.3 is 5.97 Å². The van der Waals surface area contributed by atoms with Gasteiger partial charge in [-0.1, -0.05) is 36.4 Å². The Hall–Kier alpha value is -2.95. The quantitative estimate of drug-likeness (QED) is 0.698. The zero-order valence-electron chi connectivity index (χ0n) is 12.9. The summed E-state index contributed by atoms with van der Waals surface area (Å²) in [6.45, 7) is 1.59. The molecular formula is C18H16N2O3. The van der Waals surface area contributed by atoms with Crippen molar-refractivity contribution in [2.24, 2.45) is 0 Å². The summed E-state index contributed by atoms with van der Waals surface area (Å²) in [7, 11) is 1.29. The van der Waals surface area contributed by atoms with Gasteiger partial charge in [-0.25, -0.2) is 9.48 Å². The first-order chi connectivity index (χ1) is 11.1. The van der Waals surface area contributed by atoms with Crippen LogP contribution in [0.15, 0.2) is 59.4 Å². The molecule has 2 aromatic carbocycles. The summed E-state index contributed by atoms with van der Waals surface area (Å²) in [4.78, 5) is 23.6. The van der Waals surface area contributed by atoms with Crippen LogP contribution in [-0.4, -0.2) is 22.9 Å². The second kappa shape index (κ2) is 6.04. The highest BCUT2D eigenvalue weighted by molar-refractivity contribution is 5.86. The van der Waals surface area contributed by atoms with E-state index in [9.17, 15) is 9.59 Å². The number of benzene rings is 2. The molecule has 1 unspecified atom stereocenters. The minimum Gasteiger partial charge on any atom is -0.467 e. The molecule has 0 aliphatic rings. The molecule has 1 aromatic heterocycles. The van der Waals surface area contributed by atoms with Crippen molar-refractivity contribution in [3.05, 3.63) is 65.0 Å². The van der Waals surface area contributed by atoms with E-state index < -0.39 is 12.0 Å². The number of fused-ring (bicyclic) bond motifs is 1. The van der Waals surface area contributed by atoms with Gasteiger partial charge in [0.1, 0.15) is 0 Å². The van der Waals surface area contributed by atoms with E-state index in [0.717, 1.165) is 21.0 Å². The van der Waals surface area contributed by atoms with E-state index >= 15 is 0 Å². The molecule has 1 atom stereocenters. The summed E-state index contributed by atoms with van der Waals surface area (Å²) < 4.78 is 5.84. The fraction of sp³-hybridized carbons (Fsp3) is 0.167. The smallest absolute Gasteiger partial charge is 0.330 e. The SMILES string of the molecule is COC(=O)C(C)n1nc(-c2ccc3ccccc3c2)ccc1=O. The molecule has 0 spiro atoms. The van der Waals surface area contributed by atoms with Gasteiger partial charge in [-0.3, -0.25) is 4.79 Å². The largest absolute Gasteiger partial charge is 0.467 e. The van der Waals surface area contributed by atoms with Crippen LogP contribution in [0.3, 0.4) is 0 Å². The Labute approximate surface area is 133 Å². The fourth-order valence-corrected chi connectivity index (χ4v) is 2.48. The summed E-state index contributed by atoms with van der Waals surface area (Å²) >= 11 is 0. The zero-order valence-corrected chi connectivity index (χ0v) is 12.9. The van der Waals surface area contributed by atoms with E-state index in [-0.39, 0.29) is 5.56 Å². The first-order valence-corrected chi connectivity index (χ1v) is 7.27. The van der Waals surface area contributed by atoms with Crippen molar-refractivity contribution in [1.29, 1.82) is 0 Å². The molecule has 5 heteroatoms. The number of nitrogens with zero attached hydrogens (tertiary/aromatic N) is 2. The predicted octanol–water partition coefficient (Wildman–Crippen LogP) is 2.80. The van der Waals surface area contributed by atoms with Gasteiger partial charge in [-0.05, 0) is 29.8 Å². The predicted molar refractivity (Wildman–Crippen MR) is 88.2 cm³/mol. The highest BCUT2D eigenvalue weighted by atomic mass is 16.5. The highest BCUT2D eigenvalue weighted by Gasteiger charge is 2.18. The third kappa shape index (κ3) is 2.85. The van der Waals surface area contributed by atoms with Crippen LogP contribution in [-0.2, 0) is 9.53 Å². The number of methoxy groups -OCH3 is 1. The maximum absolute atomic E-state index is 12.0. The lowest BCUT2D eigenvalue weighted by Gasteiger charge is -2.12. The Morgan fingerprint density at radius 2 is 1.83 bits per heavy atom. The van der Waals surface area contributed by atoms with Crippen molar-refractivity contribution in [1.82, 2.24) is 9.78 Å². The molecule has 0 radical (unpaired) electrons. The molecule has 0 saturated heterocycles. The molecule has 116 valence electrons. The van der Waals surface area contributed by atoms with Gasteiger partial charge in [-0.15, -0.1) is 0 Å². The van der Waals surface area contributed by atoms with Crippen LogP contribution in [0.5, 0.6) is 0 Å². The number of hydrogen-bond donors (Lipinski definition) is 0. The maximum Gasteiger partial charge on any atom is 0.330 e. The molecule has 23 heavy (non-hydrogen) atoms. The van der Waals surface area contributed by atoms with Gasteiger partial charge in [0, 0.05) is 11.6 Å². The monoisotopic (exact) mass is 308 g/mol. The normalized spacial score (nSPS) is 12.1. The minimum absolute atomic E-state index is 0.340. The first kappa shape index (κ1) is 15.0. The van der Waals surface area contributed by atoms with E-state index in [1.807, 2.05) is 42.5 Å². The number of hydrogen-bond acceptors (Lipinski definition) is 4. The van der Waals surface area contributed by atoms with Crippen molar-refractivity contribution in [3.8, 4) is 11.3 Å². The van der Waals surface area contributed by atoms with Crippen LogP contribution in [0.2, 0.25) is 0 Å². The molecular weight excluding hydrogens is 292 g/mol. The Balaban J connectivity index is 2.08. The fourth-order valence-electron chi connectivity index (χ4n) is 2.48. The van der Waals surface area contributed by atoms with E-state index in [4.69, 9.17) is 0 Å². The molecule has 0 amide bonds. The van der Waals surface area contributed by atoms with Crippen LogP contribution in [0, 0.1) is 0 Å². The van der Waals surface area contributed by atoms with E-state index in [1.165, 1.54) is 13.2 Å². The van der Waals surface area contributed by atoms with Gasteiger partial charge in [0.2, 0.25) is 0 Å². The van der Waals surface area contributed by atoms with Crippen molar-refractivity contribution >= 4 is 16.7 Å². The number of carbonyl (C=O) groups is 1. The van der Waals surface area contributed by atoms with Crippen LogP contribution < -0.4 is 5.56 Å². The molecule has 5 nitrogen and oxygen atoms in total. The minimum atomic E-state index is -0.770. The standard InChI is InChI=1S/C18H16N2O3/c1-12(18(22)23-2)20-17(21)10-9-16(19-20)15-8-7-13-5-3-4-6-14(13)11-15/h3-12H,1-2H3. The summed E-state index contributed by atoms with van der Waals surface area (Å²) in [5, 5.41) is 6.54. The van der Waals surface area contributed by atoms with Crippen LogP contribution in [0.4, 0.5) is 0 Å². The number of aromatic nitrogens is 2. The molecule has 3 aromatic rings. The lowest BCUT2D eigenvalue weighted by Crippen LogP contribution is -2.30. The number of carbonyl (C=O) groups excluding carboxylic acids is 1. The second-order valence-corrected chi connectivity index (χ2v) is 5.26. The molecule has 1 heterocycles. The third-order valence-electron chi connectivity index (χ3n) is 3.78. The Kier molecular flexibility index (Phi) is 3.93. The molecule has 0 aliphatic carbocycles. The lowest BCUT2D eigenvalue weighted by molar-refractivity contribution is -0.144. The van der Waals surface area contributed by atoms with Gasteiger partial charge in [0.25, 0.3) is 5.56 Å². The number of ether oxygens (including phenoxy) is 1. The number of esters is 1. The van der Waals surface area contributed by atoms with Crippen molar-refractivity contribution < 1.29 is 9.53 Å². The van der Waals surface area contributed by atoms with Crippen molar-refractivity contribution in [3.63, 3.8) is 0 Å². The highest BCUT2D eigenvalue weighted by Crippen LogP contribution is 2.22. The van der Waals surface area contributed by atoms with Gasteiger partial charge in [0.05, 0.1) is 12.8 Å². The number of rotatable bonds is 3. The maximum atomic E-state index is 12.0. The molecule has 3 rings (SSSR count). The van der Waals surface area contributed by atoms with Gasteiger partial charge < -0.3 is 4.74 Å². The summed E-state index contributed by atoms with van der Waals surface area (Å²) in [5.41, 5.74) is 1.17. The average molecular weight is 308 g/mol. The molecule has 0 fully saturated rings. The van der Waals surface area contributed by atoms with Crippen LogP contribution in [0.25, 0.3) is 22.0 Å². The summed E-state index contributed by atoms with van der Waals surface area (Å²) in [6.07, 6.45) is 0. The summed E-state index contributed by atoms with van der Waals surface area (Å²) in [6, 6.07) is 16.3. The van der Waals surface area contributed by atoms with Crippen LogP contribution >= 0.6 is 0 Å². The Morgan fingerprint density at radius 3 is 2.57 bits per heavy atom. The van der Waals surface area contributed by atoms with Crippen molar-refractivity contribution in [2.75, 3.05) is 7.11 Å². The topological polar surface area (TPSA) is 61.2 Å². The molecule has 0 bridgehead atoms. The van der Waals surface area contributed by atoms with E-state index in [0.29, 0.717) is 5.69 Å².